The summed E-state index contributed by atoms with van der Waals surface area (Å²) in [6.07, 6.45) is 2.18. The average molecular weight is 236 g/mol. The lowest BCUT2D eigenvalue weighted by atomic mass is 10.0. The molecule has 0 unspecified atom stereocenters. The van der Waals surface area contributed by atoms with Crippen molar-refractivity contribution in [1.29, 1.82) is 0 Å². The summed E-state index contributed by atoms with van der Waals surface area (Å²) < 4.78 is 13.6. The van der Waals surface area contributed by atoms with Crippen LogP contribution in [0.5, 0.6) is 0 Å². The van der Waals surface area contributed by atoms with Crippen molar-refractivity contribution < 1.29 is 4.39 Å². The van der Waals surface area contributed by atoms with Gasteiger partial charge in [0.2, 0.25) is 0 Å². The van der Waals surface area contributed by atoms with Gasteiger partial charge in [-0.25, -0.2) is 4.39 Å². The van der Waals surface area contributed by atoms with Crippen LogP contribution in [-0.2, 0) is 0 Å². The highest BCUT2D eigenvalue weighted by molar-refractivity contribution is 5.47. The van der Waals surface area contributed by atoms with E-state index in [0.717, 1.165) is 31.6 Å². The Morgan fingerprint density at radius 2 is 1.88 bits per heavy atom. The number of hydrogen-bond donors (Lipinski definition) is 1. The van der Waals surface area contributed by atoms with Crippen LogP contribution in [0.1, 0.15) is 26.7 Å². The molecular formula is C14H21FN2. The summed E-state index contributed by atoms with van der Waals surface area (Å²) in [6.45, 7) is 6.21. The third kappa shape index (κ3) is 3.19. The van der Waals surface area contributed by atoms with E-state index in [1.54, 1.807) is 6.07 Å². The van der Waals surface area contributed by atoms with Crippen LogP contribution >= 0.6 is 0 Å². The van der Waals surface area contributed by atoms with E-state index < -0.39 is 0 Å². The van der Waals surface area contributed by atoms with E-state index in [9.17, 15) is 4.39 Å². The molecule has 0 amide bonds. The Morgan fingerprint density at radius 1 is 1.24 bits per heavy atom. The summed E-state index contributed by atoms with van der Waals surface area (Å²) in [6, 6.07) is 8.15. The van der Waals surface area contributed by atoms with Crippen molar-refractivity contribution in [3.05, 3.63) is 30.1 Å². The van der Waals surface area contributed by atoms with E-state index in [4.69, 9.17) is 0 Å². The van der Waals surface area contributed by atoms with E-state index in [0.29, 0.717) is 12.1 Å². The van der Waals surface area contributed by atoms with Crippen LogP contribution in [0.15, 0.2) is 24.3 Å². The van der Waals surface area contributed by atoms with E-state index in [2.05, 4.69) is 24.1 Å². The summed E-state index contributed by atoms with van der Waals surface area (Å²) in [7, 11) is 0. The number of hydrogen-bond acceptors (Lipinski definition) is 2. The molecule has 1 aromatic rings. The summed E-state index contributed by atoms with van der Waals surface area (Å²) in [5.74, 6) is -0.109. The van der Waals surface area contributed by atoms with Gasteiger partial charge in [0.15, 0.2) is 0 Å². The second-order valence-corrected chi connectivity index (χ2v) is 5.03. The predicted octanol–water partition coefficient (Wildman–Crippen LogP) is 2.79. The lowest BCUT2D eigenvalue weighted by Crippen LogP contribution is -2.45. The summed E-state index contributed by atoms with van der Waals surface area (Å²) >= 11 is 0. The molecule has 0 spiro atoms. The molecule has 1 fully saturated rings. The van der Waals surface area contributed by atoms with Gasteiger partial charge in [-0.1, -0.05) is 26.0 Å². The van der Waals surface area contributed by atoms with Crippen molar-refractivity contribution >= 4 is 5.69 Å². The molecule has 0 bridgehead atoms. The number of halogens is 1. The van der Waals surface area contributed by atoms with Crippen LogP contribution in [0.4, 0.5) is 10.1 Å². The van der Waals surface area contributed by atoms with E-state index in [1.807, 2.05) is 12.1 Å². The highest BCUT2D eigenvalue weighted by atomic mass is 19.1. The molecule has 1 aromatic carbocycles. The van der Waals surface area contributed by atoms with Gasteiger partial charge in [-0.15, -0.1) is 0 Å². The molecule has 1 N–H and O–H groups in total. The number of rotatable bonds is 3. The van der Waals surface area contributed by atoms with Gasteiger partial charge >= 0.3 is 0 Å². The number of nitrogens with zero attached hydrogens (tertiary/aromatic N) is 1. The minimum absolute atomic E-state index is 0.109. The number of benzene rings is 1. The first-order chi connectivity index (χ1) is 8.16. The van der Waals surface area contributed by atoms with E-state index >= 15 is 0 Å². The molecule has 0 atom stereocenters. The second-order valence-electron chi connectivity index (χ2n) is 5.03. The molecule has 1 saturated heterocycles. The molecule has 0 aliphatic carbocycles. The van der Waals surface area contributed by atoms with Crippen molar-refractivity contribution in [1.82, 2.24) is 5.32 Å². The molecule has 1 heterocycles. The Labute approximate surface area is 103 Å². The molecular weight excluding hydrogens is 215 g/mol. The summed E-state index contributed by atoms with van der Waals surface area (Å²) in [5, 5.41) is 3.55. The largest absolute Gasteiger partial charge is 0.369 e. The van der Waals surface area contributed by atoms with Gasteiger partial charge in [0.1, 0.15) is 5.82 Å². The SMILES string of the molecule is CC(C)NC1CCN(c2ccccc2F)CC1. The van der Waals surface area contributed by atoms with Gasteiger partial charge in [-0.05, 0) is 25.0 Å². The first-order valence-electron chi connectivity index (χ1n) is 6.42. The molecule has 17 heavy (non-hydrogen) atoms. The van der Waals surface area contributed by atoms with Crippen molar-refractivity contribution in [2.75, 3.05) is 18.0 Å². The monoisotopic (exact) mass is 236 g/mol. The lowest BCUT2D eigenvalue weighted by Gasteiger charge is -2.35. The number of piperidine rings is 1. The zero-order chi connectivity index (χ0) is 12.3. The van der Waals surface area contributed by atoms with E-state index in [-0.39, 0.29) is 5.82 Å². The lowest BCUT2D eigenvalue weighted by molar-refractivity contribution is 0.385. The van der Waals surface area contributed by atoms with Gasteiger partial charge in [0, 0.05) is 25.2 Å². The molecule has 1 aliphatic heterocycles. The predicted molar refractivity (Wildman–Crippen MR) is 69.9 cm³/mol. The molecule has 94 valence electrons. The Balaban J connectivity index is 1.93. The maximum atomic E-state index is 13.6. The first kappa shape index (κ1) is 12.4. The Bertz CT molecular complexity index is 357. The molecule has 0 aromatic heterocycles. The fourth-order valence-electron chi connectivity index (χ4n) is 2.47. The van der Waals surface area contributed by atoms with Gasteiger partial charge in [0.05, 0.1) is 5.69 Å². The van der Waals surface area contributed by atoms with Gasteiger partial charge in [0.25, 0.3) is 0 Å². The summed E-state index contributed by atoms with van der Waals surface area (Å²) in [4.78, 5) is 2.15. The normalized spacial score (nSPS) is 17.8. The Kier molecular flexibility index (Phi) is 4.00. The molecule has 0 radical (unpaired) electrons. The molecule has 3 heteroatoms. The fourth-order valence-corrected chi connectivity index (χ4v) is 2.47. The highest BCUT2D eigenvalue weighted by Crippen LogP contribution is 2.22. The van der Waals surface area contributed by atoms with Crippen molar-refractivity contribution in [2.45, 2.75) is 38.8 Å². The standard InChI is InChI=1S/C14H21FN2/c1-11(2)16-12-7-9-17(10-8-12)14-6-4-3-5-13(14)15/h3-6,11-12,16H,7-10H2,1-2H3. The topological polar surface area (TPSA) is 15.3 Å². The van der Waals surface area contributed by atoms with Crippen LogP contribution in [0.3, 0.4) is 0 Å². The first-order valence-corrected chi connectivity index (χ1v) is 6.42. The second kappa shape index (κ2) is 5.50. The minimum Gasteiger partial charge on any atom is -0.369 e. The Morgan fingerprint density at radius 3 is 2.47 bits per heavy atom. The van der Waals surface area contributed by atoms with Gasteiger partial charge in [-0.3, -0.25) is 0 Å². The van der Waals surface area contributed by atoms with Crippen molar-refractivity contribution in [2.24, 2.45) is 0 Å². The molecule has 1 aliphatic rings. The van der Waals surface area contributed by atoms with Gasteiger partial charge < -0.3 is 10.2 Å². The van der Waals surface area contributed by atoms with Gasteiger partial charge in [-0.2, -0.15) is 0 Å². The minimum atomic E-state index is -0.109. The van der Waals surface area contributed by atoms with Crippen LogP contribution in [-0.4, -0.2) is 25.2 Å². The number of anilines is 1. The number of para-hydroxylation sites is 1. The van der Waals surface area contributed by atoms with E-state index in [1.165, 1.54) is 6.07 Å². The zero-order valence-corrected chi connectivity index (χ0v) is 10.6. The Hall–Kier alpha value is -1.09. The quantitative estimate of drug-likeness (QED) is 0.868. The third-order valence-corrected chi connectivity index (χ3v) is 3.26. The molecule has 2 nitrogen and oxygen atoms in total. The van der Waals surface area contributed by atoms with Crippen LogP contribution in [0.2, 0.25) is 0 Å². The average Bonchev–Trinajstić information content (AvgIpc) is 2.30. The fraction of sp³-hybridized carbons (Fsp3) is 0.571. The van der Waals surface area contributed by atoms with Crippen LogP contribution in [0, 0.1) is 5.82 Å². The van der Waals surface area contributed by atoms with Crippen molar-refractivity contribution in [3.63, 3.8) is 0 Å². The maximum absolute atomic E-state index is 13.6. The highest BCUT2D eigenvalue weighted by Gasteiger charge is 2.20. The third-order valence-electron chi connectivity index (χ3n) is 3.26. The van der Waals surface area contributed by atoms with Crippen molar-refractivity contribution in [3.8, 4) is 0 Å². The number of nitrogens with one attached hydrogen (secondary N) is 1. The smallest absolute Gasteiger partial charge is 0.146 e. The summed E-state index contributed by atoms with van der Waals surface area (Å²) in [5.41, 5.74) is 0.746. The molecule has 0 saturated carbocycles. The van der Waals surface area contributed by atoms with Crippen LogP contribution in [0.25, 0.3) is 0 Å². The zero-order valence-electron chi connectivity index (χ0n) is 10.6. The van der Waals surface area contributed by atoms with Crippen LogP contribution < -0.4 is 10.2 Å². The maximum Gasteiger partial charge on any atom is 0.146 e. The molecule has 2 rings (SSSR count).